The van der Waals surface area contributed by atoms with E-state index in [-0.39, 0.29) is 17.9 Å². The van der Waals surface area contributed by atoms with Crippen molar-refractivity contribution in [1.29, 1.82) is 0 Å². The Morgan fingerprint density at radius 1 is 1.38 bits per heavy atom. The molecule has 1 aliphatic rings. The van der Waals surface area contributed by atoms with Gasteiger partial charge in [0.1, 0.15) is 5.69 Å². The van der Waals surface area contributed by atoms with E-state index in [0.29, 0.717) is 23.5 Å². The van der Waals surface area contributed by atoms with Crippen LogP contribution in [0.4, 0.5) is 0 Å². The molecular formula is C15H22N4O2. The van der Waals surface area contributed by atoms with Crippen LogP contribution in [0.3, 0.4) is 0 Å². The van der Waals surface area contributed by atoms with E-state index < -0.39 is 0 Å². The molecular weight excluding hydrogens is 268 g/mol. The van der Waals surface area contributed by atoms with E-state index in [1.165, 1.54) is 4.90 Å². The predicted octanol–water partition coefficient (Wildman–Crippen LogP) is 0.526. The molecule has 21 heavy (non-hydrogen) atoms. The molecule has 2 heterocycles. The quantitative estimate of drug-likeness (QED) is 0.862. The second kappa shape index (κ2) is 6.22. The van der Waals surface area contributed by atoms with Crippen molar-refractivity contribution >= 4 is 11.8 Å². The van der Waals surface area contributed by atoms with Crippen LogP contribution in [0.1, 0.15) is 33.5 Å². The van der Waals surface area contributed by atoms with Gasteiger partial charge in [-0.1, -0.05) is 0 Å². The number of carbonyl (C=O) groups excluding carboxylic acids is 2. The Morgan fingerprint density at radius 3 is 2.67 bits per heavy atom. The Labute approximate surface area is 125 Å². The zero-order valence-corrected chi connectivity index (χ0v) is 13.0. The largest absolute Gasteiger partial charge is 0.343 e. The van der Waals surface area contributed by atoms with Gasteiger partial charge in [0.05, 0.1) is 11.3 Å². The molecule has 1 aromatic rings. The van der Waals surface area contributed by atoms with Crippen molar-refractivity contribution in [3.05, 3.63) is 29.1 Å². The summed E-state index contributed by atoms with van der Waals surface area (Å²) in [5, 5.41) is 3.26. The maximum atomic E-state index is 12.6. The lowest BCUT2D eigenvalue weighted by Crippen LogP contribution is -2.52. The van der Waals surface area contributed by atoms with Crippen molar-refractivity contribution in [2.75, 3.05) is 33.7 Å². The molecule has 0 spiro atoms. The molecule has 6 heteroatoms. The Bertz CT molecular complexity index is 557. The number of carbonyl (C=O) groups is 2. The Balaban J connectivity index is 2.24. The Hall–Kier alpha value is -1.95. The number of amides is 2. The molecule has 0 radical (unpaired) electrons. The van der Waals surface area contributed by atoms with Crippen molar-refractivity contribution in [3.8, 4) is 0 Å². The number of piperazine rings is 1. The van der Waals surface area contributed by atoms with Gasteiger partial charge in [0.15, 0.2) is 0 Å². The van der Waals surface area contributed by atoms with Gasteiger partial charge < -0.3 is 15.1 Å². The number of nitrogens with zero attached hydrogens (tertiary/aromatic N) is 3. The molecule has 1 atom stereocenters. The van der Waals surface area contributed by atoms with Crippen LogP contribution in [0.15, 0.2) is 12.1 Å². The summed E-state index contributed by atoms with van der Waals surface area (Å²) in [7, 11) is 3.36. The van der Waals surface area contributed by atoms with E-state index in [1.807, 2.05) is 11.8 Å². The van der Waals surface area contributed by atoms with Crippen molar-refractivity contribution < 1.29 is 9.59 Å². The molecule has 2 amide bonds. The van der Waals surface area contributed by atoms with Crippen LogP contribution >= 0.6 is 0 Å². The minimum absolute atomic E-state index is 0.0159. The highest BCUT2D eigenvalue weighted by atomic mass is 16.2. The number of hydrogen-bond acceptors (Lipinski definition) is 4. The molecule has 0 saturated carbocycles. The van der Waals surface area contributed by atoms with E-state index in [4.69, 9.17) is 0 Å². The summed E-state index contributed by atoms with van der Waals surface area (Å²) in [6.07, 6.45) is 0. The van der Waals surface area contributed by atoms with Gasteiger partial charge in [-0.2, -0.15) is 0 Å². The van der Waals surface area contributed by atoms with Crippen molar-refractivity contribution in [2.45, 2.75) is 19.9 Å². The highest BCUT2D eigenvalue weighted by Crippen LogP contribution is 2.14. The first-order valence-corrected chi connectivity index (χ1v) is 7.12. The molecule has 114 valence electrons. The average Bonchev–Trinajstić information content (AvgIpc) is 2.46. The zero-order valence-electron chi connectivity index (χ0n) is 13.0. The zero-order chi connectivity index (χ0) is 15.6. The summed E-state index contributed by atoms with van der Waals surface area (Å²) >= 11 is 0. The summed E-state index contributed by atoms with van der Waals surface area (Å²) in [6, 6.07) is 3.49. The first-order valence-electron chi connectivity index (χ1n) is 7.12. The molecule has 0 bridgehead atoms. The van der Waals surface area contributed by atoms with Crippen molar-refractivity contribution in [3.63, 3.8) is 0 Å². The lowest BCUT2D eigenvalue weighted by atomic mass is 10.1. The van der Waals surface area contributed by atoms with Crippen LogP contribution in [0, 0.1) is 6.92 Å². The fraction of sp³-hybridized carbons (Fsp3) is 0.533. The Kier molecular flexibility index (Phi) is 4.57. The number of aryl methyl sites for hydroxylation is 1. The number of aromatic nitrogens is 1. The molecule has 1 N–H and O–H groups in total. The summed E-state index contributed by atoms with van der Waals surface area (Å²) in [4.78, 5) is 32.1. The van der Waals surface area contributed by atoms with Gasteiger partial charge in [0.2, 0.25) is 0 Å². The van der Waals surface area contributed by atoms with Gasteiger partial charge in [-0.15, -0.1) is 0 Å². The molecule has 1 aliphatic heterocycles. The normalized spacial score (nSPS) is 18.5. The number of pyridine rings is 1. The first-order chi connectivity index (χ1) is 9.91. The van der Waals surface area contributed by atoms with Crippen LogP contribution in [-0.4, -0.2) is 66.4 Å². The smallest absolute Gasteiger partial charge is 0.271 e. The van der Waals surface area contributed by atoms with Crippen molar-refractivity contribution in [1.82, 2.24) is 20.1 Å². The average molecular weight is 290 g/mol. The maximum absolute atomic E-state index is 12.6. The number of hydrogen-bond donors (Lipinski definition) is 1. The second-order valence-electron chi connectivity index (χ2n) is 5.58. The summed E-state index contributed by atoms with van der Waals surface area (Å²) in [5.74, 6) is -0.175. The molecule has 6 nitrogen and oxygen atoms in total. The lowest BCUT2D eigenvalue weighted by Gasteiger charge is -2.34. The van der Waals surface area contributed by atoms with Gasteiger partial charge in [0, 0.05) is 39.8 Å². The first kappa shape index (κ1) is 15.4. The topological polar surface area (TPSA) is 65.5 Å². The van der Waals surface area contributed by atoms with Crippen LogP contribution < -0.4 is 5.32 Å². The number of nitrogens with one attached hydrogen (secondary N) is 1. The summed E-state index contributed by atoms with van der Waals surface area (Å²) in [6.45, 7) is 6.09. The Morgan fingerprint density at radius 2 is 2.10 bits per heavy atom. The maximum Gasteiger partial charge on any atom is 0.271 e. The second-order valence-corrected chi connectivity index (χ2v) is 5.58. The molecule has 1 aromatic heterocycles. The minimum Gasteiger partial charge on any atom is -0.343 e. The van der Waals surface area contributed by atoms with Gasteiger partial charge >= 0.3 is 0 Å². The fourth-order valence-electron chi connectivity index (χ4n) is 2.43. The third-order valence-electron chi connectivity index (χ3n) is 3.70. The lowest BCUT2D eigenvalue weighted by molar-refractivity contribution is 0.0653. The van der Waals surface area contributed by atoms with Gasteiger partial charge in [-0.05, 0) is 26.0 Å². The minimum atomic E-state index is -0.160. The monoisotopic (exact) mass is 290 g/mol. The summed E-state index contributed by atoms with van der Waals surface area (Å²) < 4.78 is 0. The van der Waals surface area contributed by atoms with Gasteiger partial charge in [0.25, 0.3) is 11.8 Å². The predicted molar refractivity (Wildman–Crippen MR) is 80.4 cm³/mol. The van der Waals surface area contributed by atoms with Crippen LogP contribution in [0.25, 0.3) is 0 Å². The van der Waals surface area contributed by atoms with Gasteiger partial charge in [-0.3, -0.25) is 9.59 Å². The third-order valence-corrected chi connectivity index (χ3v) is 3.70. The summed E-state index contributed by atoms with van der Waals surface area (Å²) in [5.41, 5.74) is 1.53. The SMILES string of the molecule is Cc1nc(C(=O)N(C)C)ccc1C(=O)N1CCNC[C@H]1C. The highest BCUT2D eigenvalue weighted by Gasteiger charge is 2.25. The van der Waals surface area contributed by atoms with E-state index >= 15 is 0 Å². The molecule has 2 rings (SSSR count). The van der Waals surface area contributed by atoms with Gasteiger partial charge in [-0.25, -0.2) is 4.98 Å². The van der Waals surface area contributed by atoms with Crippen LogP contribution in [0.5, 0.6) is 0 Å². The fourth-order valence-corrected chi connectivity index (χ4v) is 2.43. The molecule has 0 aromatic carbocycles. The highest BCUT2D eigenvalue weighted by molar-refractivity contribution is 5.97. The van der Waals surface area contributed by atoms with Crippen LogP contribution in [0.2, 0.25) is 0 Å². The molecule has 0 unspecified atom stereocenters. The number of rotatable bonds is 2. The standard InChI is InChI=1S/C15H22N4O2/c1-10-9-16-7-8-19(10)14(20)12-5-6-13(17-11(12)2)15(21)18(3)4/h5-6,10,16H,7-9H2,1-4H3/t10-/m1/s1. The molecule has 0 aliphatic carbocycles. The molecule has 1 fully saturated rings. The third kappa shape index (κ3) is 3.21. The van der Waals surface area contributed by atoms with E-state index in [9.17, 15) is 9.59 Å². The van der Waals surface area contributed by atoms with Crippen LogP contribution in [-0.2, 0) is 0 Å². The van der Waals surface area contributed by atoms with Crippen molar-refractivity contribution in [2.24, 2.45) is 0 Å². The van der Waals surface area contributed by atoms with E-state index in [0.717, 1.165) is 13.1 Å². The van der Waals surface area contributed by atoms with E-state index in [2.05, 4.69) is 10.3 Å². The molecule has 1 saturated heterocycles. The van der Waals surface area contributed by atoms with E-state index in [1.54, 1.807) is 33.2 Å².